The van der Waals surface area contributed by atoms with Crippen LogP contribution in [-0.2, 0) is 14.8 Å². The van der Waals surface area contributed by atoms with Gasteiger partial charge in [-0.15, -0.1) is 0 Å². The minimum atomic E-state index is -3.41. The molecule has 90 valence electrons. The summed E-state index contributed by atoms with van der Waals surface area (Å²) in [6.45, 7) is 7.45. The Morgan fingerprint density at radius 3 is 2.27 bits per heavy atom. The van der Waals surface area contributed by atoms with E-state index in [9.17, 15) is 13.2 Å². The number of carbonyl (C=O) groups excluding carboxylic acids is 1. The number of rotatable bonds is 5. The van der Waals surface area contributed by atoms with Gasteiger partial charge < -0.3 is 0 Å². The van der Waals surface area contributed by atoms with Crippen molar-refractivity contribution >= 4 is 27.7 Å². The molecule has 0 radical (unpaired) electrons. The van der Waals surface area contributed by atoms with Crippen LogP contribution >= 0.6 is 11.8 Å². The fourth-order valence-corrected chi connectivity index (χ4v) is 3.05. The number of hydrogen-bond acceptors (Lipinski definition) is 4. The van der Waals surface area contributed by atoms with Gasteiger partial charge in [-0.1, -0.05) is 20.8 Å². The van der Waals surface area contributed by atoms with Crippen molar-refractivity contribution in [3.05, 3.63) is 0 Å². The zero-order valence-corrected chi connectivity index (χ0v) is 11.3. The van der Waals surface area contributed by atoms with Crippen molar-refractivity contribution in [2.45, 2.75) is 38.9 Å². The molecule has 0 unspecified atom stereocenters. The summed E-state index contributed by atoms with van der Waals surface area (Å²) in [5.74, 6) is 0.260. The molecule has 15 heavy (non-hydrogen) atoms. The molecule has 0 aliphatic heterocycles. The van der Waals surface area contributed by atoms with E-state index in [0.29, 0.717) is 6.42 Å². The molecule has 0 rings (SSSR count). The largest absolute Gasteiger partial charge is 0.274 e. The number of hydrogen-bond donors (Lipinski definition) is 1. The Morgan fingerprint density at radius 1 is 1.33 bits per heavy atom. The van der Waals surface area contributed by atoms with Gasteiger partial charge in [-0.3, -0.25) is 9.52 Å². The Balaban J connectivity index is 3.82. The summed E-state index contributed by atoms with van der Waals surface area (Å²) < 4.78 is 24.5. The molecule has 0 fully saturated rings. The summed E-state index contributed by atoms with van der Waals surface area (Å²) >= 11 is 1.72. The van der Waals surface area contributed by atoms with Crippen molar-refractivity contribution in [1.29, 1.82) is 0 Å². The van der Waals surface area contributed by atoms with Gasteiger partial charge in [0.15, 0.2) is 0 Å². The molecular weight excluding hydrogens is 234 g/mol. The predicted octanol–water partition coefficient (Wildman–Crippen LogP) is 1.37. The highest BCUT2D eigenvalue weighted by Gasteiger charge is 2.13. The fourth-order valence-electron chi connectivity index (χ4n) is 0.897. The summed E-state index contributed by atoms with van der Waals surface area (Å²) in [6, 6.07) is 0. The minimum absolute atomic E-state index is 0.00958. The molecule has 1 amide bonds. The third-order valence-electron chi connectivity index (χ3n) is 1.39. The Kier molecular flexibility index (Phi) is 5.66. The second-order valence-electron chi connectivity index (χ2n) is 4.29. The standard InChI is InChI=1S/C9H19NO3S2/c1-8(11)10-15(12,13)7-5-6-14-9(2,3)4/h5-7H2,1-4H3,(H,10,11). The van der Waals surface area contributed by atoms with Crippen LogP contribution in [0.2, 0.25) is 0 Å². The zero-order valence-electron chi connectivity index (χ0n) is 9.66. The highest BCUT2D eigenvalue weighted by atomic mass is 32.2. The number of carbonyl (C=O) groups is 1. The van der Waals surface area contributed by atoms with E-state index in [1.807, 2.05) is 4.72 Å². The molecule has 0 aliphatic rings. The lowest BCUT2D eigenvalue weighted by atomic mass is 10.3. The smallest absolute Gasteiger partial charge is 0.234 e. The number of amides is 1. The van der Waals surface area contributed by atoms with Gasteiger partial charge in [-0.05, 0) is 12.2 Å². The molecule has 0 aromatic carbocycles. The Labute approximate surface area is 96.3 Å². The lowest BCUT2D eigenvalue weighted by molar-refractivity contribution is -0.117. The normalized spacial score (nSPS) is 12.5. The van der Waals surface area contributed by atoms with Gasteiger partial charge in [0.2, 0.25) is 15.9 Å². The Hall–Kier alpha value is -0.230. The van der Waals surface area contributed by atoms with Gasteiger partial charge in [0.1, 0.15) is 0 Å². The first-order valence-corrected chi connectivity index (χ1v) is 7.41. The summed E-state index contributed by atoms with van der Waals surface area (Å²) in [5.41, 5.74) is 0. The van der Waals surface area contributed by atoms with E-state index in [4.69, 9.17) is 0 Å². The first kappa shape index (κ1) is 14.8. The minimum Gasteiger partial charge on any atom is -0.274 e. The second kappa shape index (κ2) is 5.75. The number of sulfonamides is 1. The van der Waals surface area contributed by atoms with Crippen molar-refractivity contribution in [1.82, 2.24) is 4.72 Å². The maximum atomic E-state index is 11.2. The maximum absolute atomic E-state index is 11.2. The Morgan fingerprint density at radius 2 is 1.87 bits per heavy atom. The van der Waals surface area contributed by atoms with Gasteiger partial charge in [-0.25, -0.2) is 8.42 Å². The van der Waals surface area contributed by atoms with Gasteiger partial charge in [0.25, 0.3) is 0 Å². The van der Waals surface area contributed by atoms with E-state index in [-0.39, 0.29) is 10.5 Å². The topological polar surface area (TPSA) is 63.2 Å². The summed E-state index contributed by atoms with van der Waals surface area (Å²) in [4.78, 5) is 10.6. The maximum Gasteiger partial charge on any atom is 0.234 e. The van der Waals surface area contributed by atoms with E-state index < -0.39 is 15.9 Å². The molecule has 0 heterocycles. The van der Waals surface area contributed by atoms with Gasteiger partial charge in [0.05, 0.1) is 5.75 Å². The third kappa shape index (κ3) is 10.1. The molecular formula is C9H19NO3S2. The molecule has 0 bridgehead atoms. The van der Waals surface area contributed by atoms with Crippen molar-refractivity contribution in [3.63, 3.8) is 0 Å². The molecule has 0 saturated heterocycles. The fraction of sp³-hybridized carbons (Fsp3) is 0.889. The van der Waals surface area contributed by atoms with E-state index >= 15 is 0 Å². The molecule has 0 aliphatic carbocycles. The van der Waals surface area contributed by atoms with Crippen LogP contribution in [0.25, 0.3) is 0 Å². The van der Waals surface area contributed by atoms with Crippen LogP contribution in [0.5, 0.6) is 0 Å². The molecule has 1 N–H and O–H groups in total. The van der Waals surface area contributed by atoms with Crippen molar-refractivity contribution in [3.8, 4) is 0 Å². The van der Waals surface area contributed by atoms with Crippen LogP contribution in [0.4, 0.5) is 0 Å². The molecule has 0 saturated carbocycles. The number of thioether (sulfide) groups is 1. The predicted molar refractivity (Wildman–Crippen MR) is 64.4 cm³/mol. The summed E-state index contributed by atoms with van der Waals surface area (Å²) in [5, 5.41) is 0. The van der Waals surface area contributed by atoms with Crippen LogP contribution in [0.3, 0.4) is 0 Å². The SMILES string of the molecule is CC(=O)NS(=O)(=O)CCCSC(C)(C)C. The van der Waals surface area contributed by atoms with E-state index in [2.05, 4.69) is 20.8 Å². The highest BCUT2D eigenvalue weighted by molar-refractivity contribution is 8.00. The third-order valence-corrected chi connectivity index (χ3v) is 4.18. The van der Waals surface area contributed by atoms with Crippen LogP contribution in [0, 0.1) is 0 Å². The van der Waals surface area contributed by atoms with Crippen molar-refractivity contribution in [2.24, 2.45) is 0 Å². The van der Waals surface area contributed by atoms with Crippen LogP contribution in [-0.4, -0.2) is 30.6 Å². The molecule has 0 aromatic heterocycles. The monoisotopic (exact) mass is 253 g/mol. The van der Waals surface area contributed by atoms with Crippen LogP contribution in [0.1, 0.15) is 34.1 Å². The average molecular weight is 253 g/mol. The molecule has 4 nitrogen and oxygen atoms in total. The molecule has 0 aromatic rings. The van der Waals surface area contributed by atoms with Crippen LogP contribution in [0.15, 0.2) is 0 Å². The Bertz CT molecular complexity index is 304. The lowest BCUT2D eigenvalue weighted by Crippen LogP contribution is -2.30. The average Bonchev–Trinajstić information content (AvgIpc) is 1.93. The lowest BCUT2D eigenvalue weighted by Gasteiger charge is -2.17. The zero-order chi connectivity index (χ0) is 12.1. The first-order chi connectivity index (χ1) is 6.62. The first-order valence-electron chi connectivity index (χ1n) is 4.77. The quantitative estimate of drug-likeness (QED) is 0.752. The second-order valence-corrected chi connectivity index (χ2v) is 8.06. The van der Waals surface area contributed by atoms with Crippen molar-refractivity contribution in [2.75, 3.05) is 11.5 Å². The summed E-state index contributed by atoms with van der Waals surface area (Å²) in [6.07, 6.45) is 0.560. The molecule has 0 spiro atoms. The van der Waals surface area contributed by atoms with E-state index in [1.54, 1.807) is 11.8 Å². The van der Waals surface area contributed by atoms with Gasteiger partial charge in [0, 0.05) is 11.7 Å². The van der Waals surface area contributed by atoms with Crippen molar-refractivity contribution < 1.29 is 13.2 Å². The number of nitrogens with one attached hydrogen (secondary N) is 1. The van der Waals surface area contributed by atoms with Gasteiger partial charge in [-0.2, -0.15) is 11.8 Å². The summed E-state index contributed by atoms with van der Waals surface area (Å²) in [7, 11) is -3.41. The highest BCUT2D eigenvalue weighted by Crippen LogP contribution is 2.23. The molecule has 6 heteroatoms. The molecule has 0 atom stereocenters. The van der Waals surface area contributed by atoms with E-state index in [0.717, 1.165) is 5.75 Å². The van der Waals surface area contributed by atoms with E-state index in [1.165, 1.54) is 6.92 Å². The van der Waals surface area contributed by atoms with Gasteiger partial charge >= 0.3 is 0 Å². The van der Waals surface area contributed by atoms with Crippen LogP contribution < -0.4 is 4.72 Å².